The normalized spacial score (nSPS) is 16.8. The highest BCUT2D eigenvalue weighted by Gasteiger charge is 2.18. The lowest BCUT2D eigenvalue weighted by molar-refractivity contribution is 0.211. The van der Waals surface area contributed by atoms with E-state index in [2.05, 4.69) is 57.7 Å². The Bertz CT molecular complexity index is 560. The number of hydrogen-bond donors (Lipinski definition) is 1. The standard InChI is InChI=1S/C18H23N3/c1-15-13-18(7-10-19-15)20-17-8-11-21(12-9-17)14-16-5-3-2-4-6-16/h2-7,10,13,17H,8-9,11-12,14H2,1H3,(H,19,20). The van der Waals surface area contributed by atoms with Crippen LogP contribution in [0.3, 0.4) is 0 Å². The molecule has 0 aliphatic carbocycles. The van der Waals surface area contributed by atoms with E-state index in [0.717, 1.165) is 25.3 Å². The number of aromatic nitrogens is 1. The molecule has 3 nitrogen and oxygen atoms in total. The number of benzene rings is 1. The minimum atomic E-state index is 0.582. The fourth-order valence-corrected chi connectivity index (χ4v) is 2.95. The molecule has 3 heteroatoms. The van der Waals surface area contributed by atoms with Gasteiger partial charge in [-0.15, -0.1) is 0 Å². The number of piperidine rings is 1. The number of nitrogens with one attached hydrogen (secondary N) is 1. The van der Waals surface area contributed by atoms with E-state index < -0.39 is 0 Å². The Labute approximate surface area is 127 Å². The van der Waals surface area contributed by atoms with Crippen LogP contribution in [0.25, 0.3) is 0 Å². The second-order valence-corrected chi connectivity index (χ2v) is 5.87. The van der Waals surface area contributed by atoms with Crippen molar-refractivity contribution in [3.05, 3.63) is 59.9 Å². The Morgan fingerprint density at radius 2 is 1.90 bits per heavy atom. The van der Waals surface area contributed by atoms with Gasteiger partial charge in [0.2, 0.25) is 0 Å². The van der Waals surface area contributed by atoms with E-state index in [1.807, 2.05) is 13.1 Å². The number of nitrogens with zero attached hydrogens (tertiary/aromatic N) is 2. The number of pyridine rings is 1. The lowest BCUT2D eigenvalue weighted by Gasteiger charge is -2.32. The van der Waals surface area contributed by atoms with Crippen LogP contribution in [0.5, 0.6) is 0 Å². The Morgan fingerprint density at radius 1 is 1.14 bits per heavy atom. The number of anilines is 1. The van der Waals surface area contributed by atoms with Crippen LogP contribution in [-0.4, -0.2) is 29.0 Å². The highest BCUT2D eigenvalue weighted by Crippen LogP contribution is 2.18. The summed E-state index contributed by atoms with van der Waals surface area (Å²) in [5.74, 6) is 0. The maximum Gasteiger partial charge on any atom is 0.0393 e. The second-order valence-electron chi connectivity index (χ2n) is 5.87. The average Bonchev–Trinajstić information content (AvgIpc) is 2.50. The maximum absolute atomic E-state index is 4.24. The van der Waals surface area contributed by atoms with Gasteiger partial charge in [-0.2, -0.15) is 0 Å². The Hall–Kier alpha value is -1.87. The quantitative estimate of drug-likeness (QED) is 0.930. The fraction of sp³-hybridized carbons (Fsp3) is 0.389. The zero-order valence-corrected chi connectivity index (χ0v) is 12.6. The van der Waals surface area contributed by atoms with Crippen molar-refractivity contribution in [1.29, 1.82) is 0 Å². The molecule has 1 saturated heterocycles. The van der Waals surface area contributed by atoms with Crippen LogP contribution in [0.15, 0.2) is 48.7 Å². The Kier molecular flexibility index (Phi) is 4.51. The third-order valence-corrected chi connectivity index (χ3v) is 4.10. The van der Waals surface area contributed by atoms with E-state index in [4.69, 9.17) is 0 Å². The minimum Gasteiger partial charge on any atom is -0.382 e. The molecule has 0 radical (unpaired) electrons. The van der Waals surface area contributed by atoms with Crippen LogP contribution in [0.2, 0.25) is 0 Å². The van der Waals surface area contributed by atoms with E-state index in [9.17, 15) is 0 Å². The first-order valence-electron chi connectivity index (χ1n) is 7.75. The molecule has 1 aromatic carbocycles. The van der Waals surface area contributed by atoms with E-state index in [0.29, 0.717) is 6.04 Å². The van der Waals surface area contributed by atoms with Gasteiger partial charge < -0.3 is 5.32 Å². The first-order chi connectivity index (χ1) is 10.3. The molecule has 1 fully saturated rings. The number of likely N-dealkylation sites (tertiary alicyclic amines) is 1. The van der Waals surface area contributed by atoms with Crippen molar-refractivity contribution in [1.82, 2.24) is 9.88 Å². The highest BCUT2D eigenvalue weighted by molar-refractivity contribution is 5.43. The molecule has 0 spiro atoms. The molecule has 0 bridgehead atoms. The van der Waals surface area contributed by atoms with E-state index >= 15 is 0 Å². The van der Waals surface area contributed by atoms with Crippen molar-refractivity contribution in [2.45, 2.75) is 32.4 Å². The lowest BCUT2D eigenvalue weighted by atomic mass is 10.0. The smallest absolute Gasteiger partial charge is 0.0393 e. The molecule has 2 aromatic rings. The van der Waals surface area contributed by atoms with Gasteiger partial charge in [-0.25, -0.2) is 0 Å². The molecule has 1 aliphatic heterocycles. The first kappa shape index (κ1) is 14.1. The van der Waals surface area contributed by atoms with E-state index in [1.54, 1.807) is 0 Å². The maximum atomic E-state index is 4.24. The summed E-state index contributed by atoms with van der Waals surface area (Å²) >= 11 is 0. The summed E-state index contributed by atoms with van der Waals surface area (Å²) in [6.07, 6.45) is 4.28. The molecule has 21 heavy (non-hydrogen) atoms. The summed E-state index contributed by atoms with van der Waals surface area (Å²) in [6.45, 7) is 5.43. The molecule has 0 unspecified atom stereocenters. The monoisotopic (exact) mass is 281 g/mol. The van der Waals surface area contributed by atoms with Gasteiger partial charge in [-0.1, -0.05) is 30.3 Å². The average molecular weight is 281 g/mol. The van der Waals surface area contributed by atoms with Crippen LogP contribution >= 0.6 is 0 Å². The SMILES string of the molecule is Cc1cc(NC2CCN(Cc3ccccc3)CC2)ccn1. The molecule has 0 amide bonds. The van der Waals surface area contributed by atoms with Crippen molar-refractivity contribution < 1.29 is 0 Å². The van der Waals surface area contributed by atoms with Gasteiger partial charge in [0.1, 0.15) is 0 Å². The number of aryl methyl sites for hydroxylation is 1. The predicted molar refractivity (Wildman–Crippen MR) is 87.3 cm³/mol. The third-order valence-electron chi connectivity index (χ3n) is 4.10. The predicted octanol–water partition coefficient (Wildman–Crippen LogP) is 3.47. The molecule has 0 atom stereocenters. The van der Waals surface area contributed by atoms with Gasteiger partial charge in [0.25, 0.3) is 0 Å². The Morgan fingerprint density at radius 3 is 2.62 bits per heavy atom. The van der Waals surface area contributed by atoms with Crippen LogP contribution in [0.1, 0.15) is 24.1 Å². The number of rotatable bonds is 4. The van der Waals surface area contributed by atoms with Crippen molar-refractivity contribution >= 4 is 5.69 Å². The van der Waals surface area contributed by atoms with Crippen LogP contribution < -0.4 is 5.32 Å². The van der Waals surface area contributed by atoms with Crippen LogP contribution in [0.4, 0.5) is 5.69 Å². The van der Waals surface area contributed by atoms with Crippen molar-refractivity contribution in [3.8, 4) is 0 Å². The van der Waals surface area contributed by atoms with Gasteiger partial charge in [-0.3, -0.25) is 9.88 Å². The molecule has 1 aliphatic rings. The topological polar surface area (TPSA) is 28.2 Å². The molecular formula is C18H23N3. The molecule has 2 heterocycles. The van der Waals surface area contributed by atoms with Crippen LogP contribution in [-0.2, 0) is 6.54 Å². The van der Waals surface area contributed by atoms with Crippen LogP contribution in [0, 0.1) is 6.92 Å². The fourth-order valence-electron chi connectivity index (χ4n) is 2.95. The van der Waals surface area contributed by atoms with E-state index in [1.165, 1.54) is 24.1 Å². The van der Waals surface area contributed by atoms with Gasteiger partial charge in [0, 0.05) is 43.3 Å². The minimum absolute atomic E-state index is 0.582. The first-order valence-corrected chi connectivity index (χ1v) is 7.75. The number of hydrogen-bond acceptors (Lipinski definition) is 3. The summed E-state index contributed by atoms with van der Waals surface area (Å²) in [4.78, 5) is 6.79. The summed E-state index contributed by atoms with van der Waals surface area (Å²) < 4.78 is 0. The van der Waals surface area contributed by atoms with Gasteiger partial charge in [-0.05, 0) is 37.5 Å². The molecular weight excluding hydrogens is 258 g/mol. The molecule has 1 aromatic heterocycles. The van der Waals surface area contributed by atoms with Crippen molar-refractivity contribution in [2.24, 2.45) is 0 Å². The summed E-state index contributed by atoms with van der Waals surface area (Å²) in [7, 11) is 0. The zero-order valence-electron chi connectivity index (χ0n) is 12.6. The molecule has 1 N–H and O–H groups in total. The van der Waals surface area contributed by atoms with E-state index in [-0.39, 0.29) is 0 Å². The largest absolute Gasteiger partial charge is 0.382 e. The summed E-state index contributed by atoms with van der Waals surface area (Å²) in [5.41, 5.74) is 3.68. The zero-order chi connectivity index (χ0) is 14.5. The van der Waals surface area contributed by atoms with Crippen molar-refractivity contribution in [3.63, 3.8) is 0 Å². The summed E-state index contributed by atoms with van der Waals surface area (Å²) in [5, 5.41) is 3.64. The van der Waals surface area contributed by atoms with Gasteiger partial charge in [0.05, 0.1) is 0 Å². The highest BCUT2D eigenvalue weighted by atomic mass is 15.1. The third kappa shape index (κ3) is 4.05. The van der Waals surface area contributed by atoms with Gasteiger partial charge >= 0.3 is 0 Å². The van der Waals surface area contributed by atoms with Gasteiger partial charge in [0.15, 0.2) is 0 Å². The molecule has 0 saturated carbocycles. The summed E-state index contributed by atoms with van der Waals surface area (Å²) in [6, 6.07) is 15.5. The second kappa shape index (κ2) is 6.72. The van der Waals surface area contributed by atoms with Crippen molar-refractivity contribution in [2.75, 3.05) is 18.4 Å². The Balaban J connectivity index is 1.49. The molecule has 110 valence electrons. The lowest BCUT2D eigenvalue weighted by Crippen LogP contribution is -2.38. The molecule has 3 rings (SSSR count).